The highest BCUT2D eigenvalue weighted by atomic mass is 35.5. The standard InChI is InChI=1S/C14H14ClN3O2/c1-9(10-2-4-11(15)5-3-10)17-7-13-12(14(19)20)6-16-8-18-13/h2-6,8-9,17H,7H2,1H3,(H,19,20). The summed E-state index contributed by atoms with van der Waals surface area (Å²) in [4.78, 5) is 18.8. The molecule has 1 heterocycles. The normalized spacial score (nSPS) is 12.1. The van der Waals surface area contributed by atoms with E-state index in [4.69, 9.17) is 16.7 Å². The van der Waals surface area contributed by atoms with E-state index in [1.165, 1.54) is 12.5 Å². The number of rotatable bonds is 5. The summed E-state index contributed by atoms with van der Waals surface area (Å²) in [6, 6.07) is 7.56. The highest BCUT2D eigenvalue weighted by Gasteiger charge is 2.12. The van der Waals surface area contributed by atoms with Crippen molar-refractivity contribution < 1.29 is 9.90 Å². The molecule has 2 aromatic rings. The first kappa shape index (κ1) is 14.4. The van der Waals surface area contributed by atoms with Crippen molar-refractivity contribution in [1.29, 1.82) is 0 Å². The number of carbonyl (C=O) groups is 1. The van der Waals surface area contributed by atoms with Gasteiger partial charge in [-0.25, -0.2) is 14.8 Å². The van der Waals surface area contributed by atoms with E-state index < -0.39 is 5.97 Å². The molecule has 0 amide bonds. The Labute approximate surface area is 121 Å². The number of benzene rings is 1. The van der Waals surface area contributed by atoms with Crippen LogP contribution in [-0.2, 0) is 6.54 Å². The molecule has 0 aliphatic carbocycles. The predicted molar refractivity (Wildman–Crippen MR) is 75.7 cm³/mol. The maximum atomic E-state index is 11.1. The summed E-state index contributed by atoms with van der Waals surface area (Å²) >= 11 is 5.84. The summed E-state index contributed by atoms with van der Waals surface area (Å²) in [7, 11) is 0. The van der Waals surface area contributed by atoms with Crippen molar-refractivity contribution in [2.24, 2.45) is 0 Å². The van der Waals surface area contributed by atoms with Crippen LogP contribution in [0.2, 0.25) is 5.02 Å². The van der Waals surface area contributed by atoms with Crippen molar-refractivity contribution in [2.75, 3.05) is 0 Å². The summed E-state index contributed by atoms with van der Waals surface area (Å²) < 4.78 is 0. The van der Waals surface area contributed by atoms with Gasteiger partial charge in [0, 0.05) is 23.8 Å². The Morgan fingerprint density at radius 1 is 1.40 bits per heavy atom. The van der Waals surface area contributed by atoms with Gasteiger partial charge in [-0.2, -0.15) is 0 Å². The first-order chi connectivity index (χ1) is 9.58. The molecule has 1 atom stereocenters. The van der Waals surface area contributed by atoms with E-state index in [0.717, 1.165) is 5.56 Å². The zero-order valence-electron chi connectivity index (χ0n) is 10.9. The maximum Gasteiger partial charge on any atom is 0.339 e. The van der Waals surface area contributed by atoms with E-state index in [2.05, 4.69) is 15.3 Å². The van der Waals surface area contributed by atoms with Crippen molar-refractivity contribution in [1.82, 2.24) is 15.3 Å². The minimum atomic E-state index is -1.03. The maximum absolute atomic E-state index is 11.1. The summed E-state index contributed by atoms with van der Waals surface area (Å²) in [5.41, 5.74) is 1.65. The van der Waals surface area contributed by atoms with Gasteiger partial charge in [-0.3, -0.25) is 0 Å². The van der Waals surface area contributed by atoms with Gasteiger partial charge in [-0.1, -0.05) is 23.7 Å². The Morgan fingerprint density at radius 2 is 2.10 bits per heavy atom. The molecule has 2 rings (SSSR count). The third-order valence-corrected chi connectivity index (χ3v) is 3.22. The van der Waals surface area contributed by atoms with E-state index in [9.17, 15) is 4.79 Å². The molecule has 0 aliphatic rings. The molecule has 0 aliphatic heterocycles. The van der Waals surface area contributed by atoms with Gasteiger partial charge in [0.05, 0.1) is 5.69 Å². The Hall–Kier alpha value is -1.98. The van der Waals surface area contributed by atoms with Crippen LogP contribution in [0.1, 0.15) is 34.6 Å². The lowest BCUT2D eigenvalue weighted by Crippen LogP contribution is -2.20. The third kappa shape index (κ3) is 3.53. The van der Waals surface area contributed by atoms with E-state index in [-0.39, 0.29) is 11.6 Å². The Balaban J connectivity index is 2.05. The second kappa shape index (κ2) is 6.45. The molecule has 0 radical (unpaired) electrons. The number of aromatic nitrogens is 2. The molecule has 0 spiro atoms. The topological polar surface area (TPSA) is 75.1 Å². The first-order valence-electron chi connectivity index (χ1n) is 6.09. The minimum absolute atomic E-state index is 0.0591. The Bertz CT molecular complexity index is 602. The zero-order valence-corrected chi connectivity index (χ0v) is 11.6. The summed E-state index contributed by atoms with van der Waals surface area (Å²) in [6.07, 6.45) is 2.65. The van der Waals surface area contributed by atoms with Crippen molar-refractivity contribution in [3.8, 4) is 0 Å². The van der Waals surface area contributed by atoms with Crippen LogP contribution in [0.5, 0.6) is 0 Å². The number of halogens is 1. The van der Waals surface area contributed by atoms with Gasteiger partial charge in [0.25, 0.3) is 0 Å². The number of carboxylic acids is 1. The molecule has 0 saturated carbocycles. The van der Waals surface area contributed by atoms with Crippen molar-refractivity contribution in [3.05, 3.63) is 58.6 Å². The van der Waals surface area contributed by atoms with Gasteiger partial charge in [0.15, 0.2) is 0 Å². The molecular weight excluding hydrogens is 278 g/mol. The molecule has 2 N–H and O–H groups in total. The summed E-state index contributed by atoms with van der Waals surface area (Å²) in [5, 5.41) is 13.0. The van der Waals surface area contributed by atoms with Gasteiger partial charge < -0.3 is 10.4 Å². The van der Waals surface area contributed by atoms with Gasteiger partial charge in [0.1, 0.15) is 11.9 Å². The molecule has 0 bridgehead atoms. The third-order valence-electron chi connectivity index (χ3n) is 2.97. The number of hydrogen-bond donors (Lipinski definition) is 2. The lowest BCUT2D eigenvalue weighted by molar-refractivity contribution is 0.0694. The lowest BCUT2D eigenvalue weighted by atomic mass is 10.1. The number of aromatic carboxylic acids is 1. The van der Waals surface area contributed by atoms with E-state index >= 15 is 0 Å². The van der Waals surface area contributed by atoms with Crippen LogP contribution in [0.4, 0.5) is 0 Å². The minimum Gasteiger partial charge on any atom is -0.478 e. The SMILES string of the molecule is CC(NCc1ncncc1C(=O)O)c1ccc(Cl)cc1. The molecule has 0 saturated heterocycles. The first-order valence-corrected chi connectivity index (χ1v) is 6.46. The summed E-state index contributed by atoms with van der Waals surface area (Å²) in [5.74, 6) is -1.03. The predicted octanol–water partition coefficient (Wildman–Crippen LogP) is 2.68. The van der Waals surface area contributed by atoms with Crippen LogP contribution in [-0.4, -0.2) is 21.0 Å². The van der Waals surface area contributed by atoms with Gasteiger partial charge >= 0.3 is 5.97 Å². The number of carboxylic acid groups (broad SMARTS) is 1. The second-order valence-electron chi connectivity index (χ2n) is 4.34. The van der Waals surface area contributed by atoms with E-state index in [0.29, 0.717) is 17.3 Å². The average Bonchev–Trinajstić information content (AvgIpc) is 2.45. The largest absolute Gasteiger partial charge is 0.478 e. The van der Waals surface area contributed by atoms with Gasteiger partial charge in [-0.15, -0.1) is 0 Å². The highest BCUT2D eigenvalue weighted by Crippen LogP contribution is 2.16. The quantitative estimate of drug-likeness (QED) is 0.886. The highest BCUT2D eigenvalue weighted by molar-refractivity contribution is 6.30. The van der Waals surface area contributed by atoms with Crippen molar-refractivity contribution in [3.63, 3.8) is 0 Å². The molecule has 104 valence electrons. The Morgan fingerprint density at radius 3 is 2.75 bits per heavy atom. The van der Waals surface area contributed by atoms with Crippen LogP contribution in [0.3, 0.4) is 0 Å². The number of nitrogens with one attached hydrogen (secondary N) is 1. The molecule has 0 fully saturated rings. The average molecular weight is 292 g/mol. The molecule has 6 heteroatoms. The molecule has 1 aromatic carbocycles. The van der Waals surface area contributed by atoms with Crippen molar-refractivity contribution in [2.45, 2.75) is 19.5 Å². The second-order valence-corrected chi connectivity index (χ2v) is 4.78. The number of hydrogen-bond acceptors (Lipinski definition) is 4. The van der Waals surface area contributed by atoms with Crippen molar-refractivity contribution >= 4 is 17.6 Å². The van der Waals surface area contributed by atoms with Crippen LogP contribution < -0.4 is 5.32 Å². The molecule has 1 unspecified atom stereocenters. The smallest absolute Gasteiger partial charge is 0.339 e. The lowest BCUT2D eigenvalue weighted by Gasteiger charge is -2.14. The molecule has 5 nitrogen and oxygen atoms in total. The molecule has 1 aromatic heterocycles. The fourth-order valence-corrected chi connectivity index (χ4v) is 1.92. The van der Waals surface area contributed by atoms with Gasteiger partial charge in [-0.05, 0) is 24.6 Å². The summed E-state index contributed by atoms with van der Waals surface area (Å²) in [6.45, 7) is 2.35. The molecule has 20 heavy (non-hydrogen) atoms. The number of nitrogens with zero attached hydrogens (tertiary/aromatic N) is 2. The van der Waals surface area contributed by atoms with Crippen LogP contribution in [0, 0.1) is 0 Å². The van der Waals surface area contributed by atoms with Gasteiger partial charge in [0.2, 0.25) is 0 Å². The van der Waals surface area contributed by atoms with Crippen LogP contribution in [0.15, 0.2) is 36.8 Å². The van der Waals surface area contributed by atoms with E-state index in [1.807, 2.05) is 31.2 Å². The fraction of sp³-hybridized carbons (Fsp3) is 0.214. The van der Waals surface area contributed by atoms with Crippen LogP contribution >= 0.6 is 11.6 Å². The van der Waals surface area contributed by atoms with Crippen LogP contribution in [0.25, 0.3) is 0 Å². The van der Waals surface area contributed by atoms with E-state index in [1.54, 1.807) is 0 Å². The Kier molecular flexibility index (Phi) is 4.65. The monoisotopic (exact) mass is 291 g/mol. The molecular formula is C14H14ClN3O2. The zero-order chi connectivity index (χ0) is 14.5. The fourth-order valence-electron chi connectivity index (χ4n) is 1.79.